The minimum atomic E-state index is -0.383. The van der Waals surface area contributed by atoms with Crippen LogP contribution >= 0.6 is 0 Å². The highest BCUT2D eigenvalue weighted by Crippen LogP contribution is 2.33. The molecule has 0 radical (unpaired) electrons. The zero-order valence-corrected chi connectivity index (χ0v) is 14.8. The number of nitrogens with one attached hydrogen (secondary N) is 1. The van der Waals surface area contributed by atoms with Gasteiger partial charge in [0.25, 0.3) is 5.91 Å². The predicted octanol–water partition coefficient (Wildman–Crippen LogP) is 2.79. The van der Waals surface area contributed by atoms with Crippen LogP contribution in [0.1, 0.15) is 33.7 Å². The minimum absolute atomic E-state index is 0.0884. The first-order chi connectivity index (χ1) is 13.8. The summed E-state index contributed by atoms with van der Waals surface area (Å²) in [6, 6.07) is 12.4. The number of benzene rings is 1. The standard InChI is InChI=1S/C20H16N6O2/c27-20(14-4-2-1-3-5-14)26-11-16-15(22-12-23-16)10-17(26)19-24-18(25-28-19)13-6-8-21-9-7-13/h1-9,12,17H,10-11H2,(H,22,23). The van der Waals surface area contributed by atoms with Crippen molar-refractivity contribution in [1.29, 1.82) is 0 Å². The van der Waals surface area contributed by atoms with Crippen molar-refractivity contribution in [3.05, 3.63) is 84.0 Å². The van der Waals surface area contributed by atoms with Gasteiger partial charge < -0.3 is 14.4 Å². The molecule has 5 rings (SSSR count). The summed E-state index contributed by atoms with van der Waals surface area (Å²) in [7, 11) is 0. The van der Waals surface area contributed by atoms with Gasteiger partial charge >= 0.3 is 0 Å². The number of amides is 1. The predicted molar refractivity (Wildman–Crippen MR) is 98.9 cm³/mol. The maximum Gasteiger partial charge on any atom is 0.254 e. The summed E-state index contributed by atoms with van der Waals surface area (Å²) < 4.78 is 5.55. The van der Waals surface area contributed by atoms with E-state index in [1.54, 1.807) is 35.8 Å². The fraction of sp³-hybridized carbons (Fsp3) is 0.150. The van der Waals surface area contributed by atoms with Gasteiger partial charge in [-0.15, -0.1) is 0 Å². The molecule has 0 bridgehead atoms. The molecule has 4 aromatic rings. The molecule has 0 aliphatic carbocycles. The van der Waals surface area contributed by atoms with Crippen molar-refractivity contribution in [2.45, 2.75) is 19.0 Å². The Morgan fingerprint density at radius 1 is 1.14 bits per heavy atom. The van der Waals surface area contributed by atoms with E-state index < -0.39 is 0 Å². The van der Waals surface area contributed by atoms with Gasteiger partial charge in [0, 0.05) is 29.9 Å². The molecule has 4 heterocycles. The SMILES string of the molecule is O=C(c1ccccc1)N1Cc2[nH]cnc2CC1c1nc(-c2ccncc2)no1. The Balaban J connectivity index is 1.52. The Kier molecular flexibility index (Phi) is 3.93. The number of aromatic nitrogens is 5. The van der Waals surface area contributed by atoms with Crippen molar-refractivity contribution < 1.29 is 9.32 Å². The van der Waals surface area contributed by atoms with Gasteiger partial charge in [-0.25, -0.2) is 4.98 Å². The zero-order chi connectivity index (χ0) is 18.9. The Hall–Kier alpha value is -3.81. The molecule has 0 fully saturated rings. The second-order valence-corrected chi connectivity index (χ2v) is 6.54. The highest BCUT2D eigenvalue weighted by atomic mass is 16.5. The molecule has 1 N–H and O–H groups in total. The molecule has 138 valence electrons. The number of rotatable bonds is 3. The van der Waals surface area contributed by atoms with E-state index in [2.05, 4.69) is 25.1 Å². The largest absolute Gasteiger partial charge is 0.347 e. The molecule has 28 heavy (non-hydrogen) atoms. The van der Waals surface area contributed by atoms with E-state index in [-0.39, 0.29) is 11.9 Å². The number of pyridine rings is 1. The molecule has 0 spiro atoms. The van der Waals surface area contributed by atoms with Gasteiger partial charge in [-0.2, -0.15) is 4.98 Å². The molecule has 0 saturated heterocycles. The lowest BCUT2D eigenvalue weighted by molar-refractivity contribution is 0.0590. The normalized spacial score (nSPS) is 16.0. The van der Waals surface area contributed by atoms with Crippen LogP contribution in [-0.4, -0.2) is 35.9 Å². The molecule has 3 aromatic heterocycles. The highest BCUT2D eigenvalue weighted by molar-refractivity contribution is 5.94. The van der Waals surface area contributed by atoms with Crippen molar-refractivity contribution in [2.75, 3.05) is 0 Å². The fourth-order valence-corrected chi connectivity index (χ4v) is 3.41. The first-order valence-electron chi connectivity index (χ1n) is 8.91. The van der Waals surface area contributed by atoms with E-state index in [9.17, 15) is 4.79 Å². The lowest BCUT2D eigenvalue weighted by Crippen LogP contribution is -2.39. The molecule has 8 heteroatoms. The van der Waals surface area contributed by atoms with Crippen molar-refractivity contribution >= 4 is 5.91 Å². The monoisotopic (exact) mass is 372 g/mol. The van der Waals surface area contributed by atoms with Crippen LogP contribution in [0.5, 0.6) is 0 Å². The number of hydrogen-bond acceptors (Lipinski definition) is 6. The number of imidazole rings is 1. The molecule has 1 unspecified atom stereocenters. The quantitative estimate of drug-likeness (QED) is 0.593. The third-order valence-electron chi connectivity index (χ3n) is 4.85. The lowest BCUT2D eigenvalue weighted by atomic mass is 10.0. The van der Waals surface area contributed by atoms with Crippen LogP contribution in [0.25, 0.3) is 11.4 Å². The third-order valence-corrected chi connectivity index (χ3v) is 4.85. The number of nitrogens with zero attached hydrogens (tertiary/aromatic N) is 5. The Morgan fingerprint density at radius 2 is 1.96 bits per heavy atom. The van der Waals surface area contributed by atoms with E-state index in [1.807, 2.05) is 30.3 Å². The molecule has 0 saturated carbocycles. The number of carbonyl (C=O) groups excluding carboxylic acids is 1. The van der Waals surface area contributed by atoms with Crippen LogP contribution in [0.2, 0.25) is 0 Å². The number of hydrogen-bond donors (Lipinski definition) is 1. The Labute approximate surface area is 160 Å². The molecule has 8 nitrogen and oxygen atoms in total. The van der Waals surface area contributed by atoms with Crippen LogP contribution in [0, 0.1) is 0 Å². The molecule has 1 aliphatic heterocycles. The van der Waals surface area contributed by atoms with E-state index in [0.29, 0.717) is 30.2 Å². The van der Waals surface area contributed by atoms with E-state index in [1.165, 1.54) is 0 Å². The Morgan fingerprint density at radius 3 is 2.79 bits per heavy atom. The molecular formula is C20H16N6O2. The van der Waals surface area contributed by atoms with Crippen molar-refractivity contribution in [1.82, 2.24) is 30.0 Å². The average molecular weight is 372 g/mol. The minimum Gasteiger partial charge on any atom is -0.347 e. The zero-order valence-electron chi connectivity index (χ0n) is 14.8. The highest BCUT2D eigenvalue weighted by Gasteiger charge is 2.36. The molecule has 1 aromatic carbocycles. The third kappa shape index (κ3) is 2.84. The van der Waals surface area contributed by atoms with Crippen LogP contribution < -0.4 is 0 Å². The van der Waals surface area contributed by atoms with Crippen molar-refractivity contribution in [3.63, 3.8) is 0 Å². The van der Waals surface area contributed by atoms with Crippen molar-refractivity contribution in [3.8, 4) is 11.4 Å². The van der Waals surface area contributed by atoms with E-state index in [0.717, 1.165) is 17.0 Å². The summed E-state index contributed by atoms with van der Waals surface area (Å²) in [6.45, 7) is 0.403. The van der Waals surface area contributed by atoms with Gasteiger partial charge in [0.2, 0.25) is 11.7 Å². The van der Waals surface area contributed by atoms with Crippen LogP contribution in [0.15, 0.2) is 65.7 Å². The summed E-state index contributed by atoms with van der Waals surface area (Å²) in [4.78, 5) is 31.0. The first-order valence-corrected chi connectivity index (χ1v) is 8.91. The van der Waals surface area contributed by atoms with Crippen molar-refractivity contribution in [2.24, 2.45) is 0 Å². The van der Waals surface area contributed by atoms with Crippen LogP contribution in [0.3, 0.4) is 0 Å². The topological polar surface area (TPSA) is 101 Å². The van der Waals surface area contributed by atoms with Crippen LogP contribution in [0.4, 0.5) is 0 Å². The molecule has 1 atom stereocenters. The van der Waals surface area contributed by atoms with Gasteiger partial charge in [0.05, 0.1) is 24.3 Å². The number of H-pyrrole nitrogens is 1. The fourth-order valence-electron chi connectivity index (χ4n) is 3.41. The van der Waals surface area contributed by atoms with Gasteiger partial charge in [0.15, 0.2) is 0 Å². The maximum atomic E-state index is 13.2. The van der Waals surface area contributed by atoms with Gasteiger partial charge in [-0.3, -0.25) is 9.78 Å². The van der Waals surface area contributed by atoms with Gasteiger partial charge in [0.1, 0.15) is 6.04 Å². The van der Waals surface area contributed by atoms with Gasteiger partial charge in [-0.05, 0) is 24.3 Å². The van der Waals surface area contributed by atoms with Crippen LogP contribution in [-0.2, 0) is 13.0 Å². The molecular weight excluding hydrogens is 356 g/mol. The summed E-state index contributed by atoms with van der Waals surface area (Å²) in [6.07, 6.45) is 5.50. The second-order valence-electron chi connectivity index (χ2n) is 6.54. The number of fused-ring (bicyclic) bond motifs is 1. The summed E-state index contributed by atoms with van der Waals surface area (Å²) >= 11 is 0. The Bertz CT molecular complexity index is 1110. The molecule has 1 amide bonds. The van der Waals surface area contributed by atoms with Gasteiger partial charge in [-0.1, -0.05) is 23.4 Å². The maximum absolute atomic E-state index is 13.2. The summed E-state index contributed by atoms with van der Waals surface area (Å²) in [5.41, 5.74) is 3.26. The van der Waals surface area contributed by atoms with E-state index >= 15 is 0 Å². The summed E-state index contributed by atoms with van der Waals surface area (Å²) in [5.74, 6) is 0.775. The number of carbonyl (C=O) groups is 1. The summed E-state index contributed by atoms with van der Waals surface area (Å²) in [5, 5.41) is 4.09. The van der Waals surface area contributed by atoms with E-state index in [4.69, 9.17) is 4.52 Å². The average Bonchev–Trinajstić information content (AvgIpc) is 3.43. The second kappa shape index (κ2) is 6.73. The smallest absolute Gasteiger partial charge is 0.254 e. The molecule has 1 aliphatic rings. The first kappa shape index (κ1) is 16.4. The lowest BCUT2D eigenvalue weighted by Gasteiger charge is -2.32. The number of aromatic amines is 1.